The molecular formula is C12H14N4O2S. The minimum absolute atomic E-state index is 0.195. The number of rotatable bonds is 5. The van der Waals surface area contributed by atoms with Gasteiger partial charge in [0, 0.05) is 14.2 Å². The number of amides is 1. The molecule has 2 N–H and O–H groups in total. The van der Waals surface area contributed by atoms with Gasteiger partial charge in [0.15, 0.2) is 0 Å². The first-order valence-corrected chi connectivity index (χ1v) is 6.43. The van der Waals surface area contributed by atoms with Crippen LogP contribution < -0.4 is 10.6 Å². The van der Waals surface area contributed by atoms with Crippen molar-refractivity contribution < 1.29 is 9.53 Å². The number of aromatic nitrogens is 2. The third-order valence-corrected chi connectivity index (χ3v) is 3.29. The monoisotopic (exact) mass is 278 g/mol. The zero-order chi connectivity index (χ0) is 13.7. The van der Waals surface area contributed by atoms with E-state index in [9.17, 15) is 4.79 Å². The molecule has 2 aromatic rings. The van der Waals surface area contributed by atoms with Crippen LogP contribution in [0.2, 0.25) is 0 Å². The van der Waals surface area contributed by atoms with Crippen LogP contribution in [0, 0.1) is 0 Å². The van der Waals surface area contributed by atoms with Crippen molar-refractivity contribution in [1.29, 1.82) is 0 Å². The molecule has 0 unspecified atom stereocenters. The van der Waals surface area contributed by atoms with Crippen molar-refractivity contribution in [2.45, 2.75) is 6.61 Å². The molecule has 0 spiro atoms. The van der Waals surface area contributed by atoms with E-state index in [1.165, 1.54) is 11.3 Å². The van der Waals surface area contributed by atoms with E-state index in [4.69, 9.17) is 4.74 Å². The van der Waals surface area contributed by atoms with Gasteiger partial charge in [0.25, 0.3) is 5.91 Å². The fraction of sp³-hybridized carbons (Fsp3) is 0.250. The van der Waals surface area contributed by atoms with Gasteiger partial charge in [0.05, 0.1) is 24.7 Å². The van der Waals surface area contributed by atoms with Gasteiger partial charge in [-0.05, 0) is 12.1 Å². The molecule has 0 atom stereocenters. The first-order chi connectivity index (χ1) is 9.22. The van der Waals surface area contributed by atoms with Gasteiger partial charge >= 0.3 is 0 Å². The van der Waals surface area contributed by atoms with Crippen molar-refractivity contribution >= 4 is 28.7 Å². The molecule has 1 amide bonds. The number of hydrogen-bond donors (Lipinski definition) is 2. The molecule has 2 heterocycles. The van der Waals surface area contributed by atoms with E-state index >= 15 is 0 Å². The molecule has 0 bridgehead atoms. The lowest BCUT2D eigenvalue weighted by Gasteiger charge is -2.04. The molecular weight excluding hydrogens is 264 g/mol. The first kappa shape index (κ1) is 13.4. The van der Waals surface area contributed by atoms with E-state index in [0.29, 0.717) is 17.2 Å². The Kier molecular flexibility index (Phi) is 4.43. The second-order valence-electron chi connectivity index (χ2n) is 3.69. The van der Waals surface area contributed by atoms with Gasteiger partial charge in [-0.2, -0.15) is 0 Å². The summed E-state index contributed by atoms with van der Waals surface area (Å²) in [4.78, 5) is 20.7. The maximum Gasteiger partial charge on any atom is 0.267 e. The normalized spacial score (nSPS) is 10.2. The summed E-state index contributed by atoms with van der Waals surface area (Å²) in [6.45, 7) is 0.413. The summed E-state index contributed by atoms with van der Waals surface area (Å²) < 4.78 is 4.96. The second-order valence-corrected chi connectivity index (χ2v) is 4.80. The van der Waals surface area contributed by atoms with Crippen molar-refractivity contribution in [2.75, 3.05) is 24.8 Å². The van der Waals surface area contributed by atoms with Crippen LogP contribution >= 0.6 is 11.3 Å². The minimum atomic E-state index is -0.195. The Morgan fingerprint density at radius 2 is 2.21 bits per heavy atom. The molecule has 0 fully saturated rings. The van der Waals surface area contributed by atoms with Crippen LogP contribution in [0.1, 0.15) is 14.7 Å². The molecule has 0 aliphatic heterocycles. The van der Waals surface area contributed by atoms with Crippen molar-refractivity contribution in [3.63, 3.8) is 0 Å². The number of pyridine rings is 1. The average molecular weight is 278 g/mol. The predicted molar refractivity (Wildman–Crippen MR) is 74.6 cm³/mol. The highest BCUT2D eigenvalue weighted by Gasteiger charge is 2.10. The number of carbonyl (C=O) groups is 1. The molecule has 7 heteroatoms. The molecule has 0 aromatic carbocycles. The van der Waals surface area contributed by atoms with E-state index in [1.54, 1.807) is 38.7 Å². The van der Waals surface area contributed by atoms with Crippen molar-refractivity contribution in [3.8, 4) is 0 Å². The lowest BCUT2D eigenvalue weighted by molar-refractivity contribution is 0.103. The third kappa shape index (κ3) is 3.49. The largest absolute Gasteiger partial charge is 0.378 e. The highest BCUT2D eigenvalue weighted by molar-refractivity contribution is 7.13. The molecule has 19 heavy (non-hydrogen) atoms. The maximum atomic E-state index is 12.0. The summed E-state index contributed by atoms with van der Waals surface area (Å²) in [6.07, 6.45) is 3.14. The van der Waals surface area contributed by atoms with E-state index in [2.05, 4.69) is 20.6 Å². The summed E-state index contributed by atoms with van der Waals surface area (Å²) in [5.41, 5.74) is 0.644. The van der Waals surface area contributed by atoms with Gasteiger partial charge in [0.1, 0.15) is 15.7 Å². The molecule has 2 aromatic heterocycles. The SMILES string of the molecule is CNc1ccc(NC(=O)c2cnc(COC)s2)cn1. The summed E-state index contributed by atoms with van der Waals surface area (Å²) >= 11 is 1.31. The van der Waals surface area contributed by atoms with Crippen LogP contribution in [0.4, 0.5) is 11.5 Å². The number of methoxy groups -OCH3 is 1. The van der Waals surface area contributed by atoms with E-state index in [0.717, 1.165) is 10.8 Å². The minimum Gasteiger partial charge on any atom is -0.378 e. The smallest absolute Gasteiger partial charge is 0.267 e. The topological polar surface area (TPSA) is 76.1 Å². The molecule has 0 aliphatic carbocycles. The third-order valence-electron chi connectivity index (χ3n) is 2.32. The van der Waals surface area contributed by atoms with Crippen molar-refractivity contribution in [3.05, 3.63) is 34.4 Å². The molecule has 0 saturated heterocycles. The molecule has 100 valence electrons. The molecule has 0 aliphatic rings. The Hall–Kier alpha value is -1.99. The Morgan fingerprint density at radius 3 is 2.84 bits per heavy atom. The first-order valence-electron chi connectivity index (χ1n) is 5.61. The lowest BCUT2D eigenvalue weighted by atomic mass is 10.4. The number of hydrogen-bond acceptors (Lipinski definition) is 6. The number of ether oxygens (including phenoxy) is 1. The predicted octanol–water partition coefficient (Wildman–Crippen LogP) is 1.98. The number of carbonyl (C=O) groups excluding carboxylic acids is 1. The highest BCUT2D eigenvalue weighted by Crippen LogP contribution is 2.16. The van der Waals surface area contributed by atoms with Crippen LogP contribution in [-0.4, -0.2) is 30.0 Å². The molecule has 0 saturated carbocycles. The van der Waals surface area contributed by atoms with Gasteiger partial charge in [-0.1, -0.05) is 0 Å². The fourth-order valence-electron chi connectivity index (χ4n) is 1.41. The Labute approximate surface area is 114 Å². The Bertz CT molecular complexity index is 553. The fourth-order valence-corrected chi connectivity index (χ4v) is 2.20. The lowest BCUT2D eigenvalue weighted by Crippen LogP contribution is -2.10. The van der Waals surface area contributed by atoms with Crippen molar-refractivity contribution in [2.24, 2.45) is 0 Å². The number of thiazole rings is 1. The zero-order valence-corrected chi connectivity index (χ0v) is 11.5. The Balaban J connectivity index is 2.02. The summed E-state index contributed by atoms with van der Waals surface area (Å²) in [5, 5.41) is 6.45. The van der Waals surface area contributed by atoms with Crippen LogP contribution in [-0.2, 0) is 11.3 Å². The van der Waals surface area contributed by atoms with Crippen LogP contribution in [0.5, 0.6) is 0 Å². The molecule has 6 nitrogen and oxygen atoms in total. The van der Waals surface area contributed by atoms with Crippen LogP contribution in [0.25, 0.3) is 0 Å². The van der Waals surface area contributed by atoms with Crippen LogP contribution in [0.15, 0.2) is 24.5 Å². The standard InChI is InChI=1S/C12H14N4O2S/c1-13-10-4-3-8(5-14-10)16-12(17)9-6-15-11(19-9)7-18-2/h3-6H,7H2,1-2H3,(H,13,14)(H,16,17). The van der Waals surface area contributed by atoms with Gasteiger partial charge < -0.3 is 15.4 Å². The highest BCUT2D eigenvalue weighted by atomic mass is 32.1. The number of nitrogens with zero attached hydrogens (tertiary/aromatic N) is 2. The summed E-state index contributed by atoms with van der Waals surface area (Å²) in [7, 11) is 3.38. The second kappa shape index (κ2) is 6.26. The zero-order valence-electron chi connectivity index (χ0n) is 10.6. The Morgan fingerprint density at radius 1 is 1.37 bits per heavy atom. The average Bonchev–Trinajstić information content (AvgIpc) is 2.89. The van der Waals surface area contributed by atoms with Gasteiger partial charge in [0.2, 0.25) is 0 Å². The van der Waals surface area contributed by atoms with Gasteiger partial charge in [-0.25, -0.2) is 9.97 Å². The maximum absolute atomic E-state index is 12.0. The van der Waals surface area contributed by atoms with Crippen molar-refractivity contribution in [1.82, 2.24) is 9.97 Å². The number of nitrogens with one attached hydrogen (secondary N) is 2. The van der Waals surface area contributed by atoms with Gasteiger partial charge in [-0.3, -0.25) is 4.79 Å². The van der Waals surface area contributed by atoms with Gasteiger partial charge in [-0.15, -0.1) is 11.3 Å². The van der Waals surface area contributed by atoms with E-state index in [1.807, 2.05) is 0 Å². The van der Waals surface area contributed by atoms with E-state index < -0.39 is 0 Å². The molecule has 2 rings (SSSR count). The summed E-state index contributed by atoms with van der Waals surface area (Å²) in [5.74, 6) is 0.553. The van der Waals surface area contributed by atoms with E-state index in [-0.39, 0.29) is 5.91 Å². The quantitative estimate of drug-likeness (QED) is 0.874. The summed E-state index contributed by atoms with van der Waals surface area (Å²) in [6, 6.07) is 3.58. The number of anilines is 2. The molecule has 0 radical (unpaired) electrons. The van der Waals surface area contributed by atoms with Crippen LogP contribution in [0.3, 0.4) is 0 Å².